The van der Waals surface area contributed by atoms with Crippen molar-refractivity contribution in [3.63, 3.8) is 0 Å². The van der Waals surface area contributed by atoms with E-state index in [1.165, 1.54) is 7.11 Å². The average Bonchev–Trinajstić information content (AvgIpc) is 2.88. The highest BCUT2D eigenvalue weighted by Crippen LogP contribution is 2.41. The van der Waals surface area contributed by atoms with Crippen LogP contribution in [0.25, 0.3) is 0 Å². The minimum Gasteiger partial charge on any atom is -0.465 e. The summed E-state index contributed by atoms with van der Waals surface area (Å²) in [4.78, 5) is 42.8. The number of amides is 3. The molecule has 2 heterocycles. The first-order valence-electron chi connectivity index (χ1n) is 11.2. The monoisotopic (exact) mass is 609 g/mol. The molecule has 0 saturated heterocycles. The van der Waals surface area contributed by atoms with Crippen LogP contribution in [-0.4, -0.2) is 31.6 Å². The molecule has 9 heteroatoms. The number of para-hydroxylation sites is 1. The molecule has 1 N–H and O–H groups in total. The van der Waals surface area contributed by atoms with Crippen LogP contribution in [0.3, 0.4) is 0 Å². The molecule has 1 atom stereocenters. The topological polar surface area (TPSA) is 79.0 Å². The van der Waals surface area contributed by atoms with Gasteiger partial charge in [-0.3, -0.25) is 9.69 Å². The summed E-state index contributed by atoms with van der Waals surface area (Å²) in [5.74, 6) is -0.656. The minimum atomic E-state index is -0.712. The van der Waals surface area contributed by atoms with Crippen LogP contribution in [-0.2, 0) is 9.53 Å². The highest BCUT2D eigenvalue weighted by atomic mass is 79.9. The molecular formula is C27H21Br2N3O4. The van der Waals surface area contributed by atoms with Gasteiger partial charge < -0.3 is 15.0 Å². The number of hydrogen-bond donors (Lipinski definition) is 1. The van der Waals surface area contributed by atoms with Crippen molar-refractivity contribution in [2.75, 3.05) is 23.5 Å². The molecule has 5 rings (SSSR count). The first kappa shape index (κ1) is 24.3. The molecule has 0 aliphatic carbocycles. The van der Waals surface area contributed by atoms with Crippen molar-refractivity contribution >= 4 is 61.1 Å². The quantitative estimate of drug-likeness (QED) is 0.370. The van der Waals surface area contributed by atoms with E-state index in [1.807, 2.05) is 54.6 Å². The maximum atomic E-state index is 14.0. The molecule has 3 aromatic rings. The van der Waals surface area contributed by atoms with Gasteiger partial charge in [0.25, 0.3) is 5.91 Å². The second-order valence-corrected chi connectivity index (χ2v) is 10.1. The number of hydrogen-bond acceptors (Lipinski definition) is 4. The standard InChI is InChI=1S/C27H21Br2N3O4/c1-36-26(34)16-10-11-20(21(29)14-16)24-23-22(12-13-31(25(23)33)18-7-3-2-4-8-18)32(27(35)30-24)19-9-5-6-17(28)15-19/h2-11,14-15,24H,12-13H2,1H3,(H,30,35). The van der Waals surface area contributed by atoms with E-state index in [0.717, 1.165) is 10.2 Å². The molecule has 182 valence electrons. The summed E-state index contributed by atoms with van der Waals surface area (Å²) in [7, 11) is 1.32. The van der Waals surface area contributed by atoms with Crippen LogP contribution in [0.1, 0.15) is 28.4 Å². The van der Waals surface area contributed by atoms with Crippen LogP contribution in [0.5, 0.6) is 0 Å². The molecule has 0 radical (unpaired) electrons. The normalized spacial score (nSPS) is 17.6. The van der Waals surface area contributed by atoms with Gasteiger partial charge in [-0.25, -0.2) is 9.59 Å². The maximum Gasteiger partial charge on any atom is 0.337 e. The molecule has 7 nitrogen and oxygen atoms in total. The Bertz CT molecular complexity index is 1410. The summed E-state index contributed by atoms with van der Waals surface area (Å²) >= 11 is 7.02. The van der Waals surface area contributed by atoms with Crippen LogP contribution in [0.4, 0.5) is 16.2 Å². The van der Waals surface area contributed by atoms with Gasteiger partial charge in [0.2, 0.25) is 0 Å². The predicted octanol–water partition coefficient (Wildman–Crippen LogP) is 5.96. The number of carbonyl (C=O) groups excluding carboxylic acids is 3. The Morgan fingerprint density at radius 2 is 1.72 bits per heavy atom. The first-order valence-corrected chi connectivity index (χ1v) is 12.8. The van der Waals surface area contributed by atoms with E-state index in [1.54, 1.807) is 28.0 Å². The van der Waals surface area contributed by atoms with E-state index in [-0.39, 0.29) is 11.9 Å². The second kappa shape index (κ2) is 9.91. The number of ether oxygens (including phenoxy) is 1. The van der Waals surface area contributed by atoms with E-state index in [0.29, 0.717) is 45.5 Å². The number of nitrogens with zero attached hydrogens (tertiary/aromatic N) is 2. The number of nitrogens with one attached hydrogen (secondary N) is 1. The molecule has 0 spiro atoms. The lowest BCUT2D eigenvalue weighted by Crippen LogP contribution is -2.53. The summed E-state index contributed by atoms with van der Waals surface area (Å²) in [6, 6.07) is 20.8. The van der Waals surface area contributed by atoms with E-state index in [4.69, 9.17) is 4.74 Å². The van der Waals surface area contributed by atoms with Gasteiger partial charge in [-0.05, 0) is 48.0 Å². The number of halogens is 2. The molecule has 0 aromatic heterocycles. The smallest absolute Gasteiger partial charge is 0.337 e. The molecule has 0 bridgehead atoms. The highest BCUT2D eigenvalue weighted by molar-refractivity contribution is 9.10. The molecule has 0 saturated carbocycles. The molecule has 1 unspecified atom stereocenters. The molecule has 2 aliphatic rings. The summed E-state index contributed by atoms with van der Waals surface area (Å²) in [5, 5.41) is 3.03. The fourth-order valence-corrected chi connectivity index (χ4v) is 5.60. The Morgan fingerprint density at radius 3 is 2.42 bits per heavy atom. The van der Waals surface area contributed by atoms with Crippen molar-refractivity contribution in [2.24, 2.45) is 0 Å². The summed E-state index contributed by atoms with van der Waals surface area (Å²) < 4.78 is 6.23. The Morgan fingerprint density at radius 1 is 0.972 bits per heavy atom. The molecular weight excluding hydrogens is 590 g/mol. The van der Waals surface area contributed by atoms with Crippen molar-refractivity contribution in [3.05, 3.63) is 104 Å². The van der Waals surface area contributed by atoms with Crippen LogP contribution < -0.4 is 15.1 Å². The molecule has 36 heavy (non-hydrogen) atoms. The molecule has 3 amide bonds. The van der Waals surface area contributed by atoms with Gasteiger partial charge in [-0.1, -0.05) is 62.2 Å². The maximum absolute atomic E-state index is 14.0. The third-order valence-corrected chi connectivity index (χ3v) is 7.43. The van der Waals surface area contributed by atoms with Crippen LogP contribution >= 0.6 is 31.9 Å². The Kier molecular flexibility index (Phi) is 6.68. The summed E-state index contributed by atoms with van der Waals surface area (Å²) in [6.45, 7) is 0.439. The predicted molar refractivity (Wildman–Crippen MR) is 144 cm³/mol. The van der Waals surface area contributed by atoms with Gasteiger partial charge in [0, 0.05) is 33.3 Å². The van der Waals surface area contributed by atoms with Crippen molar-refractivity contribution in [3.8, 4) is 0 Å². The summed E-state index contributed by atoms with van der Waals surface area (Å²) in [5.41, 5.74) is 3.62. The van der Waals surface area contributed by atoms with Crippen LogP contribution in [0.15, 0.2) is 93.0 Å². The lowest BCUT2D eigenvalue weighted by Gasteiger charge is -2.42. The first-order chi connectivity index (χ1) is 17.4. The third kappa shape index (κ3) is 4.33. The highest BCUT2D eigenvalue weighted by Gasteiger charge is 2.43. The largest absolute Gasteiger partial charge is 0.465 e. The second-order valence-electron chi connectivity index (χ2n) is 8.33. The lowest BCUT2D eigenvalue weighted by atomic mass is 9.89. The molecule has 3 aromatic carbocycles. The average molecular weight is 611 g/mol. The van der Waals surface area contributed by atoms with Gasteiger partial charge in [-0.2, -0.15) is 0 Å². The van der Waals surface area contributed by atoms with Crippen LogP contribution in [0, 0.1) is 0 Å². The Labute approximate surface area is 225 Å². The van der Waals surface area contributed by atoms with Gasteiger partial charge in [0.05, 0.1) is 30.0 Å². The van der Waals surface area contributed by atoms with Crippen LogP contribution in [0.2, 0.25) is 0 Å². The number of methoxy groups -OCH3 is 1. The Hall–Kier alpha value is -3.43. The minimum absolute atomic E-state index is 0.184. The number of urea groups is 1. The number of benzene rings is 3. The molecule has 0 fully saturated rings. The van der Waals surface area contributed by atoms with Gasteiger partial charge in [0.1, 0.15) is 0 Å². The zero-order valence-electron chi connectivity index (χ0n) is 19.2. The van der Waals surface area contributed by atoms with E-state index >= 15 is 0 Å². The van der Waals surface area contributed by atoms with Crippen molar-refractivity contribution in [1.29, 1.82) is 0 Å². The number of carbonyl (C=O) groups is 3. The van der Waals surface area contributed by atoms with Crippen molar-refractivity contribution in [1.82, 2.24) is 5.32 Å². The van der Waals surface area contributed by atoms with Gasteiger partial charge in [0.15, 0.2) is 0 Å². The van der Waals surface area contributed by atoms with E-state index in [2.05, 4.69) is 37.2 Å². The van der Waals surface area contributed by atoms with Crippen molar-refractivity contribution in [2.45, 2.75) is 12.5 Å². The van der Waals surface area contributed by atoms with Gasteiger partial charge >= 0.3 is 12.0 Å². The zero-order chi connectivity index (χ0) is 25.4. The van der Waals surface area contributed by atoms with Crippen molar-refractivity contribution < 1.29 is 19.1 Å². The fourth-order valence-electron chi connectivity index (χ4n) is 4.61. The van der Waals surface area contributed by atoms with E-state index < -0.39 is 12.0 Å². The number of rotatable bonds is 4. The number of esters is 1. The number of anilines is 2. The molecule has 2 aliphatic heterocycles. The van der Waals surface area contributed by atoms with E-state index in [9.17, 15) is 14.4 Å². The summed E-state index contributed by atoms with van der Waals surface area (Å²) in [6.07, 6.45) is 0.490. The third-order valence-electron chi connectivity index (χ3n) is 6.25. The SMILES string of the molecule is COC(=O)c1ccc(C2NC(=O)N(c3cccc(Br)c3)C3=C2C(=O)N(c2ccccc2)CC3)c(Br)c1. The van der Waals surface area contributed by atoms with Gasteiger partial charge in [-0.15, -0.1) is 0 Å². The zero-order valence-corrected chi connectivity index (χ0v) is 22.4. The Balaban J connectivity index is 1.66. The fraction of sp³-hybridized carbons (Fsp3) is 0.148. The lowest BCUT2D eigenvalue weighted by molar-refractivity contribution is -0.115.